The smallest absolute Gasteiger partial charge is 0.331 e. The summed E-state index contributed by atoms with van der Waals surface area (Å²) in [5, 5.41) is 13.1. The number of hydrogen-bond acceptors (Lipinski definition) is 3. The van der Waals surface area contributed by atoms with Gasteiger partial charge in [-0.15, -0.1) is 0 Å². The quantitative estimate of drug-likeness (QED) is 0.715. The van der Waals surface area contributed by atoms with Crippen LogP contribution in [0.5, 0.6) is 0 Å². The van der Waals surface area contributed by atoms with Gasteiger partial charge in [-0.05, 0) is 13.8 Å². The van der Waals surface area contributed by atoms with Crippen LogP contribution in [0.25, 0.3) is 0 Å². The highest BCUT2D eigenvalue weighted by atomic mass is 16.4. The largest absolute Gasteiger partial charge is 0.479 e. The average Bonchev–Trinajstić information content (AvgIpc) is 2.73. The first kappa shape index (κ1) is 12.2. The van der Waals surface area contributed by atoms with Crippen LogP contribution in [0.2, 0.25) is 0 Å². The molecule has 16 heavy (non-hydrogen) atoms. The van der Waals surface area contributed by atoms with Gasteiger partial charge in [-0.2, -0.15) is 5.10 Å². The summed E-state index contributed by atoms with van der Waals surface area (Å²) in [6.45, 7) is 4.65. The Bertz CT molecular complexity index is 375. The standard InChI is InChI=1S/C10H15N3O3/c1-3-12(7-14)9(10(15)16)8-5-11-13(4-2)6-8/h5-7,9H,3-4H2,1-2H3,(H,15,16). The van der Waals surface area contributed by atoms with Crippen molar-refractivity contribution in [2.75, 3.05) is 6.54 Å². The molecule has 6 heteroatoms. The Kier molecular flexibility index (Phi) is 4.04. The summed E-state index contributed by atoms with van der Waals surface area (Å²) in [5.74, 6) is -1.05. The summed E-state index contributed by atoms with van der Waals surface area (Å²) in [6, 6.07) is -0.956. The Morgan fingerprint density at radius 3 is 2.75 bits per heavy atom. The third kappa shape index (κ3) is 2.39. The first-order valence-electron chi connectivity index (χ1n) is 5.10. The van der Waals surface area contributed by atoms with Crippen LogP contribution < -0.4 is 0 Å². The lowest BCUT2D eigenvalue weighted by atomic mass is 10.1. The van der Waals surface area contributed by atoms with Crippen molar-refractivity contribution in [3.8, 4) is 0 Å². The molecule has 1 heterocycles. The van der Waals surface area contributed by atoms with Gasteiger partial charge in [0.15, 0.2) is 6.04 Å². The third-order valence-electron chi connectivity index (χ3n) is 2.36. The van der Waals surface area contributed by atoms with Crippen LogP contribution in [-0.2, 0) is 16.1 Å². The highest BCUT2D eigenvalue weighted by Gasteiger charge is 2.26. The van der Waals surface area contributed by atoms with Crippen molar-refractivity contribution in [2.24, 2.45) is 0 Å². The maximum Gasteiger partial charge on any atom is 0.331 e. The van der Waals surface area contributed by atoms with Crippen molar-refractivity contribution < 1.29 is 14.7 Å². The minimum atomic E-state index is -1.05. The molecule has 0 saturated carbocycles. The topological polar surface area (TPSA) is 75.4 Å². The van der Waals surface area contributed by atoms with E-state index in [1.165, 1.54) is 11.1 Å². The molecule has 0 aliphatic carbocycles. The predicted octanol–water partition coefficient (Wildman–Crippen LogP) is 0.507. The molecule has 0 fully saturated rings. The Morgan fingerprint density at radius 1 is 1.69 bits per heavy atom. The van der Waals surface area contributed by atoms with Crippen molar-refractivity contribution in [1.82, 2.24) is 14.7 Å². The van der Waals surface area contributed by atoms with Gasteiger partial charge in [0.1, 0.15) is 0 Å². The number of aromatic nitrogens is 2. The number of aryl methyl sites for hydroxylation is 1. The Balaban J connectivity index is 3.01. The van der Waals surface area contributed by atoms with Gasteiger partial charge in [0.25, 0.3) is 0 Å². The number of amides is 1. The fourth-order valence-electron chi connectivity index (χ4n) is 1.49. The molecular weight excluding hydrogens is 210 g/mol. The number of carbonyl (C=O) groups is 2. The lowest BCUT2D eigenvalue weighted by Gasteiger charge is -2.22. The van der Waals surface area contributed by atoms with Crippen molar-refractivity contribution in [3.63, 3.8) is 0 Å². The SMILES string of the molecule is CCN(C=O)C(C(=O)O)c1cnn(CC)c1. The molecule has 0 aromatic carbocycles. The minimum absolute atomic E-state index is 0.345. The number of carboxylic acids is 1. The summed E-state index contributed by atoms with van der Waals surface area (Å²) < 4.78 is 1.63. The highest BCUT2D eigenvalue weighted by molar-refractivity contribution is 5.77. The van der Waals surface area contributed by atoms with Crippen molar-refractivity contribution in [2.45, 2.75) is 26.4 Å². The zero-order chi connectivity index (χ0) is 12.1. The summed E-state index contributed by atoms with van der Waals surface area (Å²) in [5.41, 5.74) is 0.517. The van der Waals surface area contributed by atoms with Gasteiger partial charge < -0.3 is 10.0 Å². The van der Waals surface area contributed by atoms with E-state index >= 15 is 0 Å². The average molecular weight is 225 g/mol. The van der Waals surface area contributed by atoms with Crippen molar-refractivity contribution in [3.05, 3.63) is 18.0 Å². The van der Waals surface area contributed by atoms with Crippen molar-refractivity contribution in [1.29, 1.82) is 0 Å². The van der Waals surface area contributed by atoms with E-state index in [1.54, 1.807) is 17.8 Å². The summed E-state index contributed by atoms with van der Waals surface area (Å²) >= 11 is 0. The molecule has 88 valence electrons. The third-order valence-corrected chi connectivity index (χ3v) is 2.36. The molecule has 1 aromatic heterocycles. The maximum atomic E-state index is 11.1. The van der Waals surface area contributed by atoms with Gasteiger partial charge >= 0.3 is 5.97 Å². The molecule has 0 saturated heterocycles. The molecule has 1 amide bonds. The minimum Gasteiger partial charge on any atom is -0.479 e. The van der Waals surface area contributed by atoms with Gasteiger partial charge in [-0.1, -0.05) is 0 Å². The number of carbonyl (C=O) groups excluding carboxylic acids is 1. The van der Waals surface area contributed by atoms with E-state index in [4.69, 9.17) is 5.11 Å². The maximum absolute atomic E-state index is 11.1. The molecule has 1 unspecified atom stereocenters. The number of rotatable bonds is 6. The summed E-state index contributed by atoms with van der Waals surface area (Å²) in [6.07, 6.45) is 3.67. The zero-order valence-corrected chi connectivity index (χ0v) is 9.33. The Labute approximate surface area is 93.5 Å². The van der Waals surface area contributed by atoms with Gasteiger partial charge in [-0.25, -0.2) is 4.79 Å². The van der Waals surface area contributed by atoms with Gasteiger partial charge in [0, 0.05) is 24.8 Å². The molecular formula is C10H15N3O3. The predicted molar refractivity (Wildman–Crippen MR) is 56.7 cm³/mol. The van der Waals surface area contributed by atoms with Crippen LogP contribution in [0.15, 0.2) is 12.4 Å². The fourth-order valence-corrected chi connectivity index (χ4v) is 1.49. The van der Waals surface area contributed by atoms with E-state index in [0.29, 0.717) is 25.1 Å². The number of nitrogens with zero attached hydrogens (tertiary/aromatic N) is 3. The Hall–Kier alpha value is -1.85. The normalized spacial score (nSPS) is 12.1. The molecule has 6 nitrogen and oxygen atoms in total. The number of carboxylic acid groups (broad SMARTS) is 1. The molecule has 0 aliphatic heterocycles. The van der Waals surface area contributed by atoms with Crippen molar-refractivity contribution >= 4 is 12.4 Å². The van der Waals surface area contributed by atoms with Gasteiger partial charge in [0.2, 0.25) is 6.41 Å². The molecule has 1 N–H and O–H groups in total. The first-order valence-corrected chi connectivity index (χ1v) is 5.10. The zero-order valence-electron chi connectivity index (χ0n) is 9.33. The lowest BCUT2D eigenvalue weighted by Crippen LogP contribution is -2.32. The molecule has 0 spiro atoms. The second kappa shape index (κ2) is 5.29. The Morgan fingerprint density at radius 2 is 2.38 bits per heavy atom. The van der Waals surface area contributed by atoms with E-state index < -0.39 is 12.0 Å². The van der Waals surface area contributed by atoms with Crippen LogP contribution in [-0.4, -0.2) is 38.7 Å². The number of hydrogen-bond donors (Lipinski definition) is 1. The molecule has 1 rings (SSSR count). The van der Waals surface area contributed by atoms with E-state index in [0.717, 1.165) is 0 Å². The van der Waals surface area contributed by atoms with Crippen LogP contribution in [0.4, 0.5) is 0 Å². The number of likely N-dealkylation sites (N-methyl/N-ethyl adjacent to an activating group) is 1. The van der Waals surface area contributed by atoms with Gasteiger partial charge in [-0.3, -0.25) is 9.48 Å². The van der Waals surface area contributed by atoms with Crippen LogP contribution in [0.3, 0.4) is 0 Å². The second-order valence-corrected chi connectivity index (χ2v) is 3.31. The molecule has 0 radical (unpaired) electrons. The molecule has 1 atom stereocenters. The highest BCUT2D eigenvalue weighted by Crippen LogP contribution is 2.18. The first-order chi connectivity index (χ1) is 7.63. The molecule has 1 aromatic rings. The van der Waals surface area contributed by atoms with E-state index in [9.17, 15) is 9.59 Å². The van der Waals surface area contributed by atoms with Crippen LogP contribution in [0.1, 0.15) is 25.5 Å². The lowest BCUT2D eigenvalue weighted by molar-refractivity contribution is -0.146. The molecule has 0 bridgehead atoms. The van der Waals surface area contributed by atoms with Gasteiger partial charge in [0.05, 0.1) is 6.20 Å². The van der Waals surface area contributed by atoms with Crippen LogP contribution >= 0.6 is 0 Å². The number of aliphatic carboxylic acids is 1. The summed E-state index contributed by atoms with van der Waals surface area (Å²) in [4.78, 5) is 23.1. The van der Waals surface area contributed by atoms with E-state index in [1.807, 2.05) is 6.92 Å². The van der Waals surface area contributed by atoms with E-state index in [-0.39, 0.29) is 0 Å². The fraction of sp³-hybridized carbons (Fsp3) is 0.500. The molecule has 0 aliphatic rings. The van der Waals surface area contributed by atoms with Crippen LogP contribution in [0, 0.1) is 0 Å². The summed E-state index contributed by atoms with van der Waals surface area (Å²) in [7, 11) is 0. The monoisotopic (exact) mass is 225 g/mol. The second-order valence-electron chi connectivity index (χ2n) is 3.31. The van der Waals surface area contributed by atoms with E-state index in [2.05, 4.69) is 5.10 Å².